The maximum atomic E-state index is 5.55. The van der Waals surface area contributed by atoms with E-state index in [4.69, 9.17) is 4.74 Å². The van der Waals surface area contributed by atoms with Gasteiger partial charge in [0.05, 0.1) is 11.6 Å². The van der Waals surface area contributed by atoms with Gasteiger partial charge in [0.15, 0.2) is 0 Å². The van der Waals surface area contributed by atoms with E-state index >= 15 is 0 Å². The van der Waals surface area contributed by atoms with E-state index in [1.54, 1.807) is 11.3 Å². The SMILES string of the molecule is Cc1csc(CCNC(C)c2ccc3c(c2)CCO3)n1. The lowest BCUT2D eigenvalue weighted by molar-refractivity contribution is 0.356. The highest BCUT2D eigenvalue weighted by Crippen LogP contribution is 2.28. The van der Waals surface area contributed by atoms with Crippen LogP contribution in [0.15, 0.2) is 23.6 Å². The minimum Gasteiger partial charge on any atom is -0.493 e. The highest BCUT2D eigenvalue weighted by molar-refractivity contribution is 7.09. The van der Waals surface area contributed by atoms with E-state index in [0.717, 1.165) is 37.4 Å². The first-order valence-electron chi connectivity index (χ1n) is 7.12. The Morgan fingerprint density at radius 3 is 3.15 bits per heavy atom. The van der Waals surface area contributed by atoms with E-state index in [9.17, 15) is 0 Å². The van der Waals surface area contributed by atoms with Crippen LogP contribution < -0.4 is 10.1 Å². The van der Waals surface area contributed by atoms with Crippen LogP contribution in [0, 0.1) is 6.92 Å². The lowest BCUT2D eigenvalue weighted by atomic mass is 10.0. The van der Waals surface area contributed by atoms with Crippen molar-refractivity contribution >= 4 is 11.3 Å². The first-order valence-corrected chi connectivity index (χ1v) is 8.00. The van der Waals surface area contributed by atoms with E-state index in [0.29, 0.717) is 6.04 Å². The predicted molar refractivity (Wildman–Crippen MR) is 82.6 cm³/mol. The quantitative estimate of drug-likeness (QED) is 0.917. The van der Waals surface area contributed by atoms with Gasteiger partial charge in [-0.1, -0.05) is 12.1 Å². The number of hydrogen-bond donors (Lipinski definition) is 1. The summed E-state index contributed by atoms with van der Waals surface area (Å²) in [6, 6.07) is 6.89. The van der Waals surface area contributed by atoms with Crippen molar-refractivity contribution in [3.63, 3.8) is 0 Å². The summed E-state index contributed by atoms with van der Waals surface area (Å²) in [5, 5.41) is 6.90. The Morgan fingerprint density at radius 1 is 1.45 bits per heavy atom. The second kappa shape index (κ2) is 5.94. The number of benzene rings is 1. The molecule has 1 N–H and O–H groups in total. The summed E-state index contributed by atoms with van der Waals surface area (Å²) in [4.78, 5) is 4.49. The van der Waals surface area contributed by atoms with Crippen LogP contribution >= 0.6 is 11.3 Å². The van der Waals surface area contributed by atoms with Crippen LogP contribution in [-0.2, 0) is 12.8 Å². The van der Waals surface area contributed by atoms with Crippen molar-refractivity contribution < 1.29 is 4.74 Å². The van der Waals surface area contributed by atoms with Gasteiger partial charge in [-0.3, -0.25) is 0 Å². The molecule has 1 aromatic heterocycles. The highest BCUT2D eigenvalue weighted by Gasteiger charge is 2.14. The van der Waals surface area contributed by atoms with Crippen LogP contribution in [0.5, 0.6) is 5.75 Å². The smallest absolute Gasteiger partial charge is 0.122 e. The Bertz CT molecular complexity index is 594. The fraction of sp³-hybridized carbons (Fsp3) is 0.438. The second-order valence-electron chi connectivity index (χ2n) is 5.27. The van der Waals surface area contributed by atoms with E-state index in [2.05, 4.69) is 40.8 Å². The van der Waals surface area contributed by atoms with Crippen LogP contribution in [0.25, 0.3) is 0 Å². The fourth-order valence-corrected chi connectivity index (χ4v) is 3.28. The molecule has 0 amide bonds. The van der Waals surface area contributed by atoms with Crippen molar-refractivity contribution in [2.75, 3.05) is 13.2 Å². The van der Waals surface area contributed by atoms with Gasteiger partial charge in [-0.2, -0.15) is 0 Å². The van der Waals surface area contributed by atoms with Gasteiger partial charge in [-0.25, -0.2) is 4.98 Å². The van der Waals surface area contributed by atoms with Crippen LogP contribution in [-0.4, -0.2) is 18.1 Å². The number of aromatic nitrogens is 1. The average molecular weight is 288 g/mol. The van der Waals surface area contributed by atoms with Gasteiger partial charge in [0.1, 0.15) is 5.75 Å². The minimum atomic E-state index is 0.363. The van der Waals surface area contributed by atoms with Gasteiger partial charge in [0, 0.05) is 36.5 Å². The molecule has 1 aliphatic rings. The molecule has 0 spiro atoms. The molecule has 0 fully saturated rings. The number of fused-ring (bicyclic) bond motifs is 1. The number of nitrogens with zero attached hydrogens (tertiary/aromatic N) is 1. The van der Waals surface area contributed by atoms with E-state index < -0.39 is 0 Å². The molecule has 20 heavy (non-hydrogen) atoms. The molecule has 4 heteroatoms. The van der Waals surface area contributed by atoms with Crippen molar-refractivity contribution in [3.05, 3.63) is 45.4 Å². The highest BCUT2D eigenvalue weighted by atomic mass is 32.1. The number of ether oxygens (including phenoxy) is 1. The zero-order chi connectivity index (χ0) is 13.9. The summed E-state index contributed by atoms with van der Waals surface area (Å²) < 4.78 is 5.55. The molecule has 3 nitrogen and oxygen atoms in total. The molecule has 2 aromatic rings. The zero-order valence-electron chi connectivity index (χ0n) is 12.0. The van der Waals surface area contributed by atoms with Crippen molar-refractivity contribution in [1.29, 1.82) is 0 Å². The Kier molecular flexibility index (Phi) is 4.03. The molecule has 0 saturated heterocycles. The standard InChI is InChI=1S/C16H20N2OS/c1-11-10-20-16(18-11)5-7-17-12(2)13-3-4-15-14(9-13)6-8-19-15/h3-4,9-10,12,17H,5-8H2,1-2H3. The Morgan fingerprint density at radius 2 is 2.35 bits per heavy atom. The number of aryl methyl sites for hydroxylation is 1. The molecule has 1 unspecified atom stereocenters. The molecule has 1 aromatic carbocycles. The Hall–Kier alpha value is -1.39. The molecule has 0 bridgehead atoms. The first-order chi connectivity index (χ1) is 9.72. The van der Waals surface area contributed by atoms with Crippen molar-refractivity contribution in [3.8, 4) is 5.75 Å². The molecular weight excluding hydrogens is 268 g/mol. The van der Waals surface area contributed by atoms with Crippen LogP contribution in [0.3, 0.4) is 0 Å². The summed E-state index contributed by atoms with van der Waals surface area (Å²) >= 11 is 1.75. The van der Waals surface area contributed by atoms with Gasteiger partial charge >= 0.3 is 0 Å². The molecule has 0 saturated carbocycles. The Labute approximate surface area is 124 Å². The largest absolute Gasteiger partial charge is 0.493 e. The molecule has 1 atom stereocenters. The topological polar surface area (TPSA) is 34.1 Å². The summed E-state index contributed by atoms with van der Waals surface area (Å²) in [6.45, 7) is 6.04. The number of hydrogen-bond acceptors (Lipinski definition) is 4. The number of nitrogens with one attached hydrogen (secondary N) is 1. The number of thiazole rings is 1. The van der Waals surface area contributed by atoms with Gasteiger partial charge in [-0.15, -0.1) is 11.3 Å². The van der Waals surface area contributed by atoms with Gasteiger partial charge in [0.2, 0.25) is 0 Å². The fourth-order valence-electron chi connectivity index (χ4n) is 2.51. The summed E-state index contributed by atoms with van der Waals surface area (Å²) in [7, 11) is 0. The van der Waals surface area contributed by atoms with E-state index in [1.807, 2.05) is 6.92 Å². The van der Waals surface area contributed by atoms with Crippen molar-refractivity contribution in [2.24, 2.45) is 0 Å². The summed E-state index contributed by atoms with van der Waals surface area (Å²) in [5.41, 5.74) is 3.80. The van der Waals surface area contributed by atoms with Gasteiger partial charge < -0.3 is 10.1 Å². The van der Waals surface area contributed by atoms with Crippen LogP contribution in [0.2, 0.25) is 0 Å². The molecular formula is C16H20N2OS. The molecule has 0 radical (unpaired) electrons. The van der Waals surface area contributed by atoms with Crippen LogP contribution in [0.4, 0.5) is 0 Å². The van der Waals surface area contributed by atoms with Crippen LogP contribution in [0.1, 0.15) is 34.8 Å². The predicted octanol–water partition coefficient (Wildman–Crippen LogP) is 3.28. The van der Waals surface area contributed by atoms with Gasteiger partial charge in [-0.05, 0) is 31.0 Å². The molecule has 3 rings (SSSR count). The minimum absolute atomic E-state index is 0.363. The maximum absolute atomic E-state index is 5.55. The first kappa shape index (κ1) is 13.6. The third kappa shape index (κ3) is 3.02. The third-order valence-electron chi connectivity index (χ3n) is 3.67. The monoisotopic (exact) mass is 288 g/mol. The second-order valence-corrected chi connectivity index (χ2v) is 6.22. The normalized spacial score (nSPS) is 14.9. The summed E-state index contributed by atoms with van der Waals surface area (Å²) in [5.74, 6) is 1.05. The maximum Gasteiger partial charge on any atom is 0.122 e. The average Bonchev–Trinajstić information content (AvgIpc) is 3.06. The summed E-state index contributed by atoms with van der Waals surface area (Å²) in [6.07, 6.45) is 2.03. The number of rotatable bonds is 5. The molecule has 106 valence electrons. The molecule has 2 heterocycles. The Balaban J connectivity index is 1.55. The zero-order valence-corrected chi connectivity index (χ0v) is 12.8. The molecule has 1 aliphatic heterocycles. The van der Waals surface area contributed by atoms with Crippen molar-refractivity contribution in [1.82, 2.24) is 10.3 Å². The lowest BCUT2D eigenvalue weighted by Gasteiger charge is -2.14. The third-order valence-corrected chi connectivity index (χ3v) is 4.70. The lowest BCUT2D eigenvalue weighted by Crippen LogP contribution is -2.21. The van der Waals surface area contributed by atoms with Crippen molar-refractivity contribution in [2.45, 2.75) is 32.7 Å². The van der Waals surface area contributed by atoms with Gasteiger partial charge in [0.25, 0.3) is 0 Å². The molecule has 0 aliphatic carbocycles. The van der Waals surface area contributed by atoms with E-state index in [-0.39, 0.29) is 0 Å². The van der Waals surface area contributed by atoms with E-state index in [1.165, 1.54) is 16.1 Å².